The second-order valence-corrected chi connectivity index (χ2v) is 2.87. The summed E-state index contributed by atoms with van der Waals surface area (Å²) in [6.07, 6.45) is 0.671. The summed E-state index contributed by atoms with van der Waals surface area (Å²) in [5, 5.41) is 0. The quantitative estimate of drug-likeness (QED) is 0.725. The Balaban J connectivity index is 3.41. The van der Waals surface area contributed by atoms with E-state index in [0.717, 1.165) is 0 Å². The molecule has 0 aliphatic rings. The van der Waals surface area contributed by atoms with E-state index in [0.29, 0.717) is 28.7 Å². The van der Waals surface area contributed by atoms with Gasteiger partial charge in [-0.1, -0.05) is 0 Å². The van der Waals surface area contributed by atoms with Crippen molar-refractivity contribution in [3.63, 3.8) is 0 Å². The molecule has 0 aromatic heterocycles. The minimum Gasteiger partial charge on any atom is -0.497 e. The number of nitrogens with two attached hydrogens (primary N) is 1. The summed E-state index contributed by atoms with van der Waals surface area (Å²) in [6.45, 7) is 1.67. The van der Waals surface area contributed by atoms with Gasteiger partial charge in [0.2, 0.25) is 5.91 Å². The Morgan fingerprint density at radius 3 is 2.57 bits per heavy atom. The third kappa shape index (κ3) is 1.74. The molecule has 4 heteroatoms. The molecule has 0 saturated carbocycles. The lowest BCUT2D eigenvalue weighted by atomic mass is 10.0. The van der Waals surface area contributed by atoms with Gasteiger partial charge in [0.05, 0.1) is 7.11 Å². The number of ether oxygens (including phenoxy) is 1. The number of benzene rings is 1. The molecule has 1 aromatic carbocycles. The zero-order valence-electron chi connectivity index (χ0n) is 8.03. The van der Waals surface area contributed by atoms with Crippen LogP contribution in [0.4, 0.5) is 0 Å². The molecule has 1 rings (SSSR count). The highest BCUT2D eigenvalue weighted by molar-refractivity contribution is 5.97. The van der Waals surface area contributed by atoms with Gasteiger partial charge in [0.1, 0.15) is 12.0 Å². The maximum Gasteiger partial charge on any atom is 0.249 e. The van der Waals surface area contributed by atoms with Crippen LogP contribution in [0.5, 0.6) is 5.75 Å². The number of hydrogen-bond donors (Lipinski definition) is 1. The van der Waals surface area contributed by atoms with Gasteiger partial charge in [-0.3, -0.25) is 9.59 Å². The smallest absolute Gasteiger partial charge is 0.249 e. The minimum atomic E-state index is -0.565. The van der Waals surface area contributed by atoms with E-state index in [1.54, 1.807) is 13.0 Å². The van der Waals surface area contributed by atoms with Crippen molar-refractivity contribution < 1.29 is 14.3 Å². The number of primary amides is 1. The van der Waals surface area contributed by atoms with Crippen molar-refractivity contribution >= 4 is 12.2 Å². The fraction of sp³-hybridized carbons (Fsp3) is 0.200. The molecular weight excluding hydrogens is 182 g/mol. The molecule has 0 radical (unpaired) electrons. The molecule has 0 aliphatic carbocycles. The van der Waals surface area contributed by atoms with E-state index in [-0.39, 0.29) is 0 Å². The number of carbonyl (C=O) groups is 2. The second-order valence-electron chi connectivity index (χ2n) is 2.87. The Morgan fingerprint density at radius 1 is 1.50 bits per heavy atom. The Bertz CT molecular complexity index is 385. The highest BCUT2D eigenvalue weighted by atomic mass is 16.5. The first-order valence-corrected chi connectivity index (χ1v) is 4.03. The predicted octanol–water partition coefficient (Wildman–Crippen LogP) is 0.915. The second kappa shape index (κ2) is 3.91. The van der Waals surface area contributed by atoms with Crippen molar-refractivity contribution in [1.29, 1.82) is 0 Å². The number of carbonyl (C=O) groups excluding carboxylic acids is 2. The van der Waals surface area contributed by atoms with E-state index in [9.17, 15) is 9.59 Å². The van der Waals surface area contributed by atoms with Crippen LogP contribution in [0, 0.1) is 6.92 Å². The Labute approximate surface area is 81.7 Å². The summed E-state index contributed by atoms with van der Waals surface area (Å²) in [5.41, 5.74) is 6.45. The SMILES string of the molecule is COc1cc(C=O)c(C)c(C(N)=O)c1. The van der Waals surface area contributed by atoms with Gasteiger partial charge < -0.3 is 10.5 Å². The molecule has 0 heterocycles. The molecule has 0 spiro atoms. The predicted molar refractivity (Wildman–Crippen MR) is 51.6 cm³/mol. The lowest BCUT2D eigenvalue weighted by Gasteiger charge is -2.07. The molecule has 2 N–H and O–H groups in total. The van der Waals surface area contributed by atoms with E-state index < -0.39 is 5.91 Å². The molecule has 1 aromatic rings. The minimum absolute atomic E-state index is 0.312. The fourth-order valence-corrected chi connectivity index (χ4v) is 1.21. The van der Waals surface area contributed by atoms with Gasteiger partial charge in [0, 0.05) is 11.1 Å². The molecule has 1 amide bonds. The highest BCUT2D eigenvalue weighted by Gasteiger charge is 2.10. The number of amides is 1. The number of methoxy groups -OCH3 is 1. The Hall–Kier alpha value is -1.84. The maximum absolute atomic E-state index is 11.0. The van der Waals surface area contributed by atoms with Gasteiger partial charge in [0.25, 0.3) is 0 Å². The molecular formula is C10H11NO3. The van der Waals surface area contributed by atoms with E-state index in [2.05, 4.69) is 0 Å². The largest absolute Gasteiger partial charge is 0.497 e. The van der Waals surface area contributed by atoms with Crippen molar-refractivity contribution in [2.75, 3.05) is 7.11 Å². The third-order valence-electron chi connectivity index (χ3n) is 2.05. The topological polar surface area (TPSA) is 69.4 Å². The molecule has 0 saturated heterocycles. The molecule has 14 heavy (non-hydrogen) atoms. The molecule has 0 unspecified atom stereocenters. The summed E-state index contributed by atoms with van der Waals surface area (Å²) in [7, 11) is 1.46. The number of hydrogen-bond acceptors (Lipinski definition) is 3. The summed E-state index contributed by atoms with van der Waals surface area (Å²) < 4.78 is 4.94. The number of aldehydes is 1. The standard InChI is InChI=1S/C10H11NO3/c1-6-7(5-12)3-8(14-2)4-9(6)10(11)13/h3-5H,1-2H3,(H2,11,13). The first-order chi connectivity index (χ1) is 6.60. The monoisotopic (exact) mass is 193 g/mol. The Morgan fingerprint density at radius 2 is 2.14 bits per heavy atom. The maximum atomic E-state index is 11.0. The van der Waals surface area contributed by atoms with Crippen molar-refractivity contribution in [2.24, 2.45) is 5.73 Å². The Kier molecular flexibility index (Phi) is 2.86. The molecule has 0 bridgehead atoms. The molecule has 0 fully saturated rings. The van der Waals surface area contributed by atoms with Crippen LogP contribution >= 0.6 is 0 Å². The molecule has 0 atom stereocenters. The van der Waals surface area contributed by atoms with Crippen molar-refractivity contribution in [3.8, 4) is 5.75 Å². The zero-order valence-corrected chi connectivity index (χ0v) is 8.03. The van der Waals surface area contributed by atoms with Crippen molar-refractivity contribution in [3.05, 3.63) is 28.8 Å². The summed E-state index contributed by atoms with van der Waals surface area (Å²) >= 11 is 0. The van der Waals surface area contributed by atoms with Crippen LogP contribution in [-0.4, -0.2) is 19.3 Å². The van der Waals surface area contributed by atoms with Gasteiger partial charge in [-0.2, -0.15) is 0 Å². The highest BCUT2D eigenvalue weighted by Crippen LogP contribution is 2.20. The van der Waals surface area contributed by atoms with Gasteiger partial charge in [-0.05, 0) is 24.6 Å². The zero-order chi connectivity index (χ0) is 10.7. The van der Waals surface area contributed by atoms with Crippen LogP contribution in [0.1, 0.15) is 26.3 Å². The van der Waals surface area contributed by atoms with Crippen LogP contribution in [0.3, 0.4) is 0 Å². The van der Waals surface area contributed by atoms with Crippen LogP contribution in [0.15, 0.2) is 12.1 Å². The van der Waals surface area contributed by atoms with E-state index in [4.69, 9.17) is 10.5 Å². The number of rotatable bonds is 3. The normalized spacial score (nSPS) is 9.57. The van der Waals surface area contributed by atoms with Gasteiger partial charge in [0.15, 0.2) is 0 Å². The molecule has 0 aliphatic heterocycles. The van der Waals surface area contributed by atoms with Crippen LogP contribution < -0.4 is 10.5 Å². The van der Waals surface area contributed by atoms with Crippen molar-refractivity contribution in [1.82, 2.24) is 0 Å². The van der Waals surface area contributed by atoms with Gasteiger partial charge in [-0.15, -0.1) is 0 Å². The lowest BCUT2D eigenvalue weighted by Crippen LogP contribution is -2.14. The van der Waals surface area contributed by atoms with Gasteiger partial charge >= 0.3 is 0 Å². The average molecular weight is 193 g/mol. The molecule has 4 nitrogen and oxygen atoms in total. The van der Waals surface area contributed by atoms with E-state index in [1.165, 1.54) is 13.2 Å². The lowest BCUT2D eigenvalue weighted by molar-refractivity contribution is 0.0999. The van der Waals surface area contributed by atoms with Crippen molar-refractivity contribution in [2.45, 2.75) is 6.92 Å². The summed E-state index contributed by atoms with van der Waals surface area (Å²) in [6, 6.07) is 3.08. The van der Waals surface area contributed by atoms with Crippen LogP contribution in [0.25, 0.3) is 0 Å². The summed E-state index contributed by atoms with van der Waals surface area (Å²) in [5.74, 6) is -0.115. The first kappa shape index (κ1) is 10.2. The summed E-state index contributed by atoms with van der Waals surface area (Å²) in [4.78, 5) is 21.7. The fourth-order valence-electron chi connectivity index (χ4n) is 1.21. The first-order valence-electron chi connectivity index (χ1n) is 4.03. The van der Waals surface area contributed by atoms with Crippen LogP contribution in [-0.2, 0) is 0 Å². The van der Waals surface area contributed by atoms with E-state index in [1.807, 2.05) is 0 Å². The van der Waals surface area contributed by atoms with Gasteiger partial charge in [-0.25, -0.2) is 0 Å². The van der Waals surface area contributed by atoms with Crippen LogP contribution in [0.2, 0.25) is 0 Å². The van der Waals surface area contributed by atoms with E-state index >= 15 is 0 Å². The molecule has 74 valence electrons. The average Bonchev–Trinajstić information content (AvgIpc) is 2.17. The third-order valence-corrected chi connectivity index (χ3v) is 2.05.